The standard InChI is InChI=1S/C20H14N2O/c23-22-18-11-4-1-6-13(18)12-19(22)16-9-5-8-15-14-7-2-3-10-17(14)21-20(15)16/h1-12,21,23H. The molecule has 0 aliphatic rings. The first-order chi connectivity index (χ1) is 11.3. The van der Waals surface area contributed by atoms with Crippen molar-refractivity contribution in [2.45, 2.75) is 0 Å². The van der Waals surface area contributed by atoms with Crippen LogP contribution in [0.2, 0.25) is 0 Å². The lowest BCUT2D eigenvalue weighted by molar-refractivity contribution is 0.205. The number of nitrogens with zero attached hydrogens (tertiary/aromatic N) is 1. The van der Waals surface area contributed by atoms with Crippen molar-refractivity contribution in [2.75, 3.05) is 0 Å². The number of rotatable bonds is 1. The van der Waals surface area contributed by atoms with Crippen LogP contribution in [0.25, 0.3) is 44.0 Å². The highest BCUT2D eigenvalue weighted by Crippen LogP contribution is 2.35. The van der Waals surface area contributed by atoms with E-state index >= 15 is 0 Å². The molecule has 23 heavy (non-hydrogen) atoms. The predicted molar refractivity (Wildman–Crippen MR) is 93.9 cm³/mol. The molecule has 0 unspecified atom stereocenters. The molecule has 110 valence electrons. The van der Waals surface area contributed by atoms with E-state index in [9.17, 15) is 5.21 Å². The van der Waals surface area contributed by atoms with E-state index in [1.54, 1.807) is 0 Å². The summed E-state index contributed by atoms with van der Waals surface area (Å²) in [6.45, 7) is 0. The molecule has 5 rings (SSSR count). The molecular weight excluding hydrogens is 284 g/mol. The van der Waals surface area contributed by atoms with E-state index in [0.29, 0.717) is 0 Å². The fourth-order valence-corrected chi connectivity index (χ4v) is 3.42. The highest BCUT2D eigenvalue weighted by atomic mass is 16.5. The second kappa shape index (κ2) is 4.40. The summed E-state index contributed by atoms with van der Waals surface area (Å²) in [7, 11) is 0. The van der Waals surface area contributed by atoms with Crippen LogP contribution in [-0.2, 0) is 0 Å². The van der Waals surface area contributed by atoms with E-state index in [0.717, 1.165) is 33.2 Å². The third kappa shape index (κ3) is 1.64. The summed E-state index contributed by atoms with van der Waals surface area (Å²) in [5, 5.41) is 14.0. The van der Waals surface area contributed by atoms with Gasteiger partial charge >= 0.3 is 0 Å². The molecule has 0 radical (unpaired) electrons. The summed E-state index contributed by atoms with van der Waals surface area (Å²) in [4.78, 5) is 3.49. The van der Waals surface area contributed by atoms with Gasteiger partial charge in [-0.15, -0.1) is 0 Å². The van der Waals surface area contributed by atoms with E-state index in [-0.39, 0.29) is 0 Å². The molecule has 0 aliphatic heterocycles. The molecule has 3 heteroatoms. The Hall–Kier alpha value is -3.20. The van der Waals surface area contributed by atoms with Gasteiger partial charge in [-0.25, -0.2) is 0 Å². The first kappa shape index (κ1) is 12.4. The number of aromatic amines is 1. The second-order valence-electron chi connectivity index (χ2n) is 5.80. The highest BCUT2D eigenvalue weighted by Gasteiger charge is 2.14. The van der Waals surface area contributed by atoms with E-state index in [4.69, 9.17) is 0 Å². The Morgan fingerprint density at radius 3 is 2.48 bits per heavy atom. The minimum atomic E-state index is 0.795. The lowest BCUT2D eigenvalue weighted by Crippen LogP contribution is -1.93. The fourth-order valence-electron chi connectivity index (χ4n) is 3.42. The Labute approximate surface area is 132 Å². The van der Waals surface area contributed by atoms with Crippen molar-refractivity contribution >= 4 is 32.7 Å². The third-order valence-corrected chi connectivity index (χ3v) is 4.50. The minimum absolute atomic E-state index is 0.795. The van der Waals surface area contributed by atoms with Gasteiger partial charge in [-0.2, -0.15) is 4.73 Å². The van der Waals surface area contributed by atoms with Crippen LogP contribution >= 0.6 is 0 Å². The largest absolute Gasteiger partial charge is 0.428 e. The topological polar surface area (TPSA) is 41.0 Å². The van der Waals surface area contributed by atoms with E-state index in [2.05, 4.69) is 23.2 Å². The summed E-state index contributed by atoms with van der Waals surface area (Å²) in [6, 6.07) is 24.3. The maximum absolute atomic E-state index is 10.6. The van der Waals surface area contributed by atoms with Crippen LogP contribution in [-0.4, -0.2) is 14.9 Å². The number of fused-ring (bicyclic) bond motifs is 4. The lowest BCUT2D eigenvalue weighted by Gasteiger charge is -2.04. The smallest absolute Gasteiger partial charge is 0.0900 e. The SMILES string of the molecule is On1c(-c2cccc3c2[nH]c2ccccc23)cc2ccccc21. The number of H-pyrrole nitrogens is 1. The molecule has 0 fully saturated rings. The van der Waals surface area contributed by atoms with Crippen molar-refractivity contribution in [3.05, 3.63) is 72.8 Å². The molecule has 2 aromatic heterocycles. The Balaban J connectivity index is 1.90. The molecule has 0 aliphatic carbocycles. The van der Waals surface area contributed by atoms with Crippen molar-refractivity contribution in [1.82, 2.24) is 9.71 Å². The van der Waals surface area contributed by atoms with Gasteiger partial charge in [-0.3, -0.25) is 0 Å². The van der Waals surface area contributed by atoms with Crippen LogP contribution in [0.4, 0.5) is 0 Å². The predicted octanol–water partition coefficient (Wildman–Crippen LogP) is 5.18. The Kier molecular flexibility index (Phi) is 2.36. The molecule has 3 nitrogen and oxygen atoms in total. The normalized spacial score (nSPS) is 11.7. The molecular formula is C20H14N2O. The van der Waals surface area contributed by atoms with Gasteiger partial charge in [0.2, 0.25) is 0 Å². The van der Waals surface area contributed by atoms with Crippen molar-refractivity contribution in [3.63, 3.8) is 0 Å². The Bertz CT molecular complexity index is 1180. The van der Waals surface area contributed by atoms with Crippen molar-refractivity contribution in [1.29, 1.82) is 0 Å². The summed E-state index contributed by atoms with van der Waals surface area (Å²) in [5.41, 5.74) is 4.76. The zero-order valence-corrected chi connectivity index (χ0v) is 12.3. The molecule has 0 saturated heterocycles. The van der Waals surface area contributed by atoms with E-state index in [1.165, 1.54) is 15.5 Å². The number of benzene rings is 3. The van der Waals surface area contributed by atoms with Crippen LogP contribution in [0.3, 0.4) is 0 Å². The van der Waals surface area contributed by atoms with Crippen LogP contribution in [0, 0.1) is 0 Å². The Morgan fingerprint density at radius 1 is 0.783 bits per heavy atom. The highest BCUT2D eigenvalue weighted by molar-refractivity contribution is 6.12. The third-order valence-electron chi connectivity index (χ3n) is 4.50. The van der Waals surface area contributed by atoms with Gasteiger partial charge < -0.3 is 10.2 Å². The van der Waals surface area contributed by atoms with Gasteiger partial charge in [0.1, 0.15) is 0 Å². The Morgan fingerprint density at radius 2 is 1.57 bits per heavy atom. The molecule has 0 saturated carbocycles. The average Bonchev–Trinajstić information content (AvgIpc) is 3.13. The molecule has 2 heterocycles. The minimum Gasteiger partial charge on any atom is -0.428 e. The second-order valence-corrected chi connectivity index (χ2v) is 5.80. The number of para-hydroxylation sites is 3. The molecule has 0 bridgehead atoms. The van der Waals surface area contributed by atoms with Crippen LogP contribution in [0.5, 0.6) is 0 Å². The van der Waals surface area contributed by atoms with Crippen molar-refractivity contribution < 1.29 is 5.21 Å². The van der Waals surface area contributed by atoms with Crippen LogP contribution in [0.1, 0.15) is 0 Å². The maximum atomic E-state index is 10.6. The summed E-state index contributed by atoms with van der Waals surface area (Å²) >= 11 is 0. The van der Waals surface area contributed by atoms with Crippen LogP contribution < -0.4 is 0 Å². The molecule has 2 N–H and O–H groups in total. The molecule has 0 spiro atoms. The fraction of sp³-hybridized carbons (Fsp3) is 0. The number of aromatic nitrogens is 2. The van der Waals surface area contributed by atoms with Gasteiger partial charge in [0.15, 0.2) is 0 Å². The number of hydrogen-bond donors (Lipinski definition) is 2. The van der Waals surface area contributed by atoms with Crippen LogP contribution in [0.15, 0.2) is 72.8 Å². The average molecular weight is 298 g/mol. The monoisotopic (exact) mass is 298 g/mol. The number of nitrogens with one attached hydrogen (secondary N) is 1. The summed E-state index contributed by atoms with van der Waals surface area (Å²) in [6.07, 6.45) is 0. The van der Waals surface area contributed by atoms with Gasteiger partial charge in [0.05, 0.1) is 16.7 Å². The van der Waals surface area contributed by atoms with Crippen molar-refractivity contribution in [2.24, 2.45) is 0 Å². The number of hydrogen-bond acceptors (Lipinski definition) is 1. The van der Waals surface area contributed by atoms with Gasteiger partial charge in [0.25, 0.3) is 0 Å². The van der Waals surface area contributed by atoms with E-state index < -0.39 is 0 Å². The quantitative estimate of drug-likeness (QED) is 0.411. The molecule has 0 amide bonds. The lowest BCUT2D eigenvalue weighted by atomic mass is 10.1. The zero-order chi connectivity index (χ0) is 15.4. The molecule has 3 aromatic carbocycles. The zero-order valence-electron chi connectivity index (χ0n) is 12.3. The molecule has 5 aromatic rings. The first-order valence-corrected chi connectivity index (χ1v) is 7.62. The maximum Gasteiger partial charge on any atom is 0.0900 e. The first-order valence-electron chi connectivity index (χ1n) is 7.62. The van der Waals surface area contributed by atoms with Crippen molar-refractivity contribution in [3.8, 4) is 11.3 Å². The van der Waals surface area contributed by atoms with Gasteiger partial charge in [0, 0.05) is 27.2 Å². The summed E-state index contributed by atoms with van der Waals surface area (Å²) < 4.78 is 1.27. The summed E-state index contributed by atoms with van der Waals surface area (Å²) in [5.74, 6) is 0. The van der Waals surface area contributed by atoms with E-state index in [1.807, 2.05) is 54.6 Å². The van der Waals surface area contributed by atoms with Gasteiger partial charge in [-0.1, -0.05) is 54.6 Å². The van der Waals surface area contributed by atoms with Gasteiger partial charge in [-0.05, 0) is 18.2 Å². The molecule has 0 atom stereocenters.